The van der Waals surface area contributed by atoms with Crippen LogP contribution in [0.4, 0.5) is 10.5 Å². The fourth-order valence-electron chi connectivity index (χ4n) is 3.93. The number of para-hydroxylation sites is 1. The molecule has 2 bridgehead atoms. The van der Waals surface area contributed by atoms with E-state index in [1.54, 1.807) is 0 Å². The molecule has 1 aromatic carbocycles. The van der Waals surface area contributed by atoms with Crippen molar-refractivity contribution >= 4 is 11.7 Å². The molecule has 0 unspecified atom stereocenters. The second-order valence-corrected chi connectivity index (χ2v) is 7.19. The number of anilines is 1. The number of benzene rings is 1. The highest BCUT2D eigenvalue weighted by molar-refractivity contribution is 5.89. The third-order valence-corrected chi connectivity index (χ3v) is 5.42. The van der Waals surface area contributed by atoms with Crippen LogP contribution >= 0.6 is 0 Å². The van der Waals surface area contributed by atoms with Gasteiger partial charge in [0.2, 0.25) is 0 Å². The number of carbonyl (C=O) groups excluding carboxylic acids is 1. The highest BCUT2D eigenvalue weighted by Crippen LogP contribution is 2.31. The van der Waals surface area contributed by atoms with Crippen LogP contribution in [0.3, 0.4) is 0 Å². The summed E-state index contributed by atoms with van der Waals surface area (Å²) in [4.78, 5) is 16.8. The van der Waals surface area contributed by atoms with Gasteiger partial charge in [-0.25, -0.2) is 4.79 Å². The van der Waals surface area contributed by atoms with Crippen molar-refractivity contribution in [3.8, 4) is 0 Å². The molecule has 0 aromatic heterocycles. The number of rotatable bonds is 3. The smallest absolute Gasteiger partial charge is 0.319 e. The van der Waals surface area contributed by atoms with Crippen LogP contribution in [-0.4, -0.2) is 91.4 Å². The molecule has 3 fully saturated rings. The van der Waals surface area contributed by atoms with Crippen molar-refractivity contribution in [2.24, 2.45) is 0 Å². The summed E-state index contributed by atoms with van der Waals surface area (Å²) in [6.45, 7) is 3.93. The highest BCUT2D eigenvalue weighted by atomic mass is 16.7. The number of nitrogens with zero attached hydrogens (tertiary/aromatic N) is 2. The number of amides is 2. The summed E-state index contributed by atoms with van der Waals surface area (Å²) >= 11 is 0. The molecule has 0 aliphatic carbocycles. The fraction of sp³-hybridized carbons (Fsp3) is 0.611. The van der Waals surface area contributed by atoms with Gasteiger partial charge in [-0.2, -0.15) is 0 Å². The molecule has 2 amide bonds. The number of piperazine rings is 1. The van der Waals surface area contributed by atoms with E-state index in [4.69, 9.17) is 9.47 Å². The van der Waals surface area contributed by atoms with Gasteiger partial charge in [0.1, 0.15) is 6.10 Å². The van der Waals surface area contributed by atoms with Crippen LogP contribution in [0.25, 0.3) is 0 Å². The van der Waals surface area contributed by atoms with E-state index in [2.05, 4.69) is 27.5 Å². The number of ether oxygens (including phenoxy) is 2. The van der Waals surface area contributed by atoms with E-state index in [0.717, 1.165) is 26.2 Å². The van der Waals surface area contributed by atoms with Gasteiger partial charge in [0, 0.05) is 31.9 Å². The largest absolute Gasteiger partial charge is 0.389 e. The number of fused-ring (bicyclic) bond motifs is 2. The van der Waals surface area contributed by atoms with Gasteiger partial charge in [-0.3, -0.25) is 4.90 Å². The molecule has 3 aliphatic heterocycles. The van der Waals surface area contributed by atoms with Crippen LogP contribution in [0.1, 0.15) is 0 Å². The average Bonchev–Trinajstić information content (AvgIpc) is 3.07. The topological polar surface area (TPSA) is 86.3 Å². The van der Waals surface area contributed by atoms with Gasteiger partial charge in [-0.15, -0.1) is 0 Å². The van der Waals surface area contributed by atoms with E-state index in [-0.39, 0.29) is 18.2 Å². The van der Waals surface area contributed by atoms with E-state index in [9.17, 15) is 9.90 Å². The number of carbonyl (C=O) groups is 1. The van der Waals surface area contributed by atoms with Gasteiger partial charge < -0.3 is 30.1 Å². The molecule has 0 spiro atoms. The molecule has 8 nitrogen and oxygen atoms in total. The maximum atomic E-state index is 12.4. The van der Waals surface area contributed by atoms with E-state index >= 15 is 0 Å². The minimum Gasteiger partial charge on any atom is -0.389 e. The Hall–Kier alpha value is -1.71. The molecule has 0 radical (unpaired) electrons. The number of hydrogen-bond donors (Lipinski definition) is 3. The van der Waals surface area contributed by atoms with E-state index in [0.29, 0.717) is 12.3 Å². The third kappa shape index (κ3) is 3.56. The van der Waals surface area contributed by atoms with Crippen molar-refractivity contribution in [2.75, 3.05) is 45.2 Å². The van der Waals surface area contributed by atoms with E-state index in [1.165, 1.54) is 0 Å². The Balaban J connectivity index is 1.43. The Morgan fingerprint density at radius 1 is 1.19 bits per heavy atom. The number of urea groups is 1. The maximum Gasteiger partial charge on any atom is 0.319 e. The van der Waals surface area contributed by atoms with Crippen LogP contribution in [0.2, 0.25) is 0 Å². The normalized spacial score (nSPS) is 35.2. The van der Waals surface area contributed by atoms with Crippen molar-refractivity contribution in [1.82, 2.24) is 15.1 Å². The first kappa shape index (κ1) is 17.7. The molecule has 3 saturated heterocycles. The Kier molecular flexibility index (Phi) is 5.10. The Morgan fingerprint density at radius 2 is 1.92 bits per heavy atom. The first-order valence-electron chi connectivity index (χ1n) is 9.12. The van der Waals surface area contributed by atoms with Crippen LogP contribution in [0.5, 0.6) is 0 Å². The number of nitrogens with one attached hydrogen (secondary N) is 2. The molecular weight excluding hydrogens is 336 g/mol. The SMILES string of the molecule is CN1CCN([C@@H]2[C@@H]3OC[C@H](O3)[C@@H](NC(=O)Nc3ccccc3)[C@@H]2O)CC1. The summed E-state index contributed by atoms with van der Waals surface area (Å²) in [6.07, 6.45) is -1.51. The Labute approximate surface area is 153 Å². The summed E-state index contributed by atoms with van der Waals surface area (Å²) in [5, 5.41) is 16.7. The zero-order valence-corrected chi connectivity index (χ0v) is 14.9. The molecule has 3 heterocycles. The fourth-order valence-corrected chi connectivity index (χ4v) is 3.93. The summed E-state index contributed by atoms with van der Waals surface area (Å²) in [5.41, 5.74) is 0.701. The van der Waals surface area contributed by atoms with Crippen molar-refractivity contribution in [2.45, 2.75) is 30.6 Å². The molecule has 3 N–H and O–H groups in total. The van der Waals surface area contributed by atoms with Crippen LogP contribution in [0.15, 0.2) is 30.3 Å². The molecule has 26 heavy (non-hydrogen) atoms. The number of hydrogen-bond acceptors (Lipinski definition) is 6. The number of likely N-dealkylation sites (N-methyl/N-ethyl adjacent to an activating group) is 1. The lowest BCUT2D eigenvalue weighted by Crippen LogP contribution is -2.67. The van der Waals surface area contributed by atoms with Gasteiger partial charge in [-0.05, 0) is 19.2 Å². The van der Waals surface area contributed by atoms with Crippen molar-refractivity contribution < 1.29 is 19.4 Å². The maximum absolute atomic E-state index is 12.4. The summed E-state index contributed by atoms with van der Waals surface area (Å²) in [5.74, 6) is 0. The molecule has 142 valence electrons. The molecule has 3 aliphatic rings. The van der Waals surface area contributed by atoms with Crippen LogP contribution < -0.4 is 10.6 Å². The first-order chi connectivity index (χ1) is 12.6. The quantitative estimate of drug-likeness (QED) is 0.697. The van der Waals surface area contributed by atoms with Gasteiger partial charge in [0.05, 0.1) is 24.8 Å². The number of aliphatic hydroxyl groups excluding tert-OH is 1. The minimum absolute atomic E-state index is 0.274. The lowest BCUT2D eigenvalue weighted by atomic mass is 9.94. The van der Waals surface area contributed by atoms with Gasteiger partial charge in [0.25, 0.3) is 0 Å². The predicted molar refractivity (Wildman–Crippen MR) is 95.9 cm³/mol. The van der Waals surface area contributed by atoms with E-state index in [1.807, 2.05) is 30.3 Å². The monoisotopic (exact) mass is 362 g/mol. The summed E-state index contributed by atoms with van der Waals surface area (Å²) < 4.78 is 11.7. The molecule has 4 rings (SSSR count). The minimum atomic E-state index is -0.744. The van der Waals surface area contributed by atoms with Gasteiger partial charge in [-0.1, -0.05) is 18.2 Å². The third-order valence-electron chi connectivity index (χ3n) is 5.42. The second kappa shape index (κ2) is 7.50. The van der Waals surface area contributed by atoms with Crippen molar-refractivity contribution in [3.63, 3.8) is 0 Å². The summed E-state index contributed by atoms with van der Waals surface area (Å²) in [6, 6.07) is 8.08. The molecule has 0 saturated carbocycles. The van der Waals surface area contributed by atoms with Crippen LogP contribution in [-0.2, 0) is 9.47 Å². The van der Waals surface area contributed by atoms with Gasteiger partial charge >= 0.3 is 6.03 Å². The Morgan fingerprint density at radius 3 is 2.65 bits per heavy atom. The zero-order chi connectivity index (χ0) is 18.1. The van der Waals surface area contributed by atoms with Crippen LogP contribution in [0, 0.1) is 0 Å². The molecule has 1 aromatic rings. The highest BCUT2D eigenvalue weighted by Gasteiger charge is 2.52. The second-order valence-electron chi connectivity index (χ2n) is 7.19. The van der Waals surface area contributed by atoms with Crippen molar-refractivity contribution in [1.29, 1.82) is 0 Å². The number of aliphatic hydroxyl groups is 1. The Bertz CT molecular complexity index is 623. The lowest BCUT2D eigenvalue weighted by molar-refractivity contribution is -0.184. The predicted octanol–water partition coefficient (Wildman–Crippen LogP) is -0.0913. The molecule has 5 atom stereocenters. The standard InChI is InChI=1S/C18H26N4O4/c1-21-7-9-22(10-8-21)15-16(23)14(13-11-25-17(15)26-13)20-18(24)19-12-5-3-2-4-6-12/h2-6,13-17,23H,7-11H2,1H3,(H2,19,20,24)/t13-,14+,15-,16-,17+/m0/s1. The first-order valence-corrected chi connectivity index (χ1v) is 9.12. The van der Waals surface area contributed by atoms with Crippen molar-refractivity contribution in [3.05, 3.63) is 30.3 Å². The van der Waals surface area contributed by atoms with E-state index < -0.39 is 18.4 Å². The molecule has 8 heteroatoms. The average molecular weight is 362 g/mol. The lowest BCUT2D eigenvalue weighted by Gasteiger charge is -2.46. The summed E-state index contributed by atoms with van der Waals surface area (Å²) in [7, 11) is 2.09. The molecular formula is C18H26N4O4. The van der Waals surface area contributed by atoms with Gasteiger partial charge in [0.15, 0.2) is 6.29 Å². The zero-order valence-electron chi connectivity index (χ0n) is 14.9.